The van der Waals surface area contributed by atoms with Crippen LogP contribution < -0.4 is 9.80 Å². The number of hydrogen-bond acceptors (Lipinski definition) is 4. The number of anilines is 6. The monoisotopic (exact) mass is 744 g/mol. The van der Waals surface area contributed by atoms with E-state index < -0.39 is 0 Å². The summed E-state index contributed by atoms with van der Waals surface area (Å²) >= 11 is 0. The molecule has 0 spiro atoms. The highest BCUT2D eigenvalue weighted by Crippen LogP contribution is 2.42. The van der Waals surface area contributed by atoms with Crippen LogP contribution >= 0.6 is 0 Å². The SMILES string of the molecule is c1ccc(N(c2ccccc2)c2ccc(-c3ccc(-c4ccc(N(c5ccc6c(c5)oc5ccccc56)c5ccc6c(c5)oc5ccccc56)cc4)cc3)cc2)cc1. The van der Waals surface area contributed by atoms with E-state index in [1.165, 1.54) is 11.1 Å². The van der Waals surface area contributed by atoms with Gasteiger partial charge in [0.25, 0.3) is 0 Å². The van der Waals surface area contributed by atoms with Crippen LogP contribution in [-0.2, 0) is 0 Å². The molecule has 0 N–H and O–H groups in total. The van der Waals surface area contributed by atoms with Gasteiger partial charge in [0.1, 0.15) is 22.3 Å². The second-order valence-corrected chi connectivity index (χ2v) is 14.6. The van der Waals surface area contributed by atoms with E-state index in [1.807, 2.05) is 24.3 Å². The molecule has 2 aromatic heterocycles. The Morgan fingerprint density at radius 2 is 0.517 bits per heavy atom. The summed E-state index contributed by atoms with van der Waals surface area (Å²) in [5.41, 5.74) is 14.5. The molecule has 0 unspecified atom stereocenters. The van der Waals surface area contributed by atoms with E-state index >= 15 is 0 Å². The average molecular weight is 745 g/mol. The van der Waals surface area contributed by atoms with Crippen molar-refractivity contribution in [1.29, 1.82) is 0 Å². The lowest BCUT2D eigenvalue weighted by molar-refractivity contribution is 0.669. The van der Waals surface area contributed by atoms with Gasteiger partial charge in [-0.15, -0.1) is 0 Å². The fourth-order valence-corrected chi connectivity index (χ4v) is 8.22. The summed E-state index contributed by atoms with van der Waals surface area (Å²) in [5.74, 6) is 0. The first-order valence-electron chi connectivity index (χ1n) is 19.6. The van der Waals surface area contributed by atoms with E-state index in [1.54, 1.807) is 0 Å². The molecule has 0 amide bonds. The molecule has 9 aromatic carbocycles. The smallest absolute Gasteiger partial charge is 0.137 e. The Bertz CT molecular complexity index is 3050. The molecule has 4 heteroatoms. The number of furan rings is 2. The number of hydrogen-bond donors (Lipinski definition) is 0. The van der Waals surface area contributed by atoms with E-state index in [0.29, 0.717) is 0 Å². The summed E-state index contributed by atoms with van der Waals surface area (Å²) in [5, 5.41) is 4.43. The van der Waals surface area contributed by atoms with Crippen LogP contribution in [0.4, 0.5) is 34.1 Å². The van der Waals surface area contributed by atoms with Gasteiger partial charge in [-0.25, -0.2) is 0 Å². The van der Waals surface area contributed by atoms with Crippen molar-refractivity contribution in [3.63, 3.8) is 0 Å². The largest absolute Gasteiger partial charge is 0.456 e. The van der Waals surface area contributed by atoms with Crippen molar-refractivity contribution < 1.29 is 8.83 Å². The summed E-state index contributed by atoms with van der Waals surface area (Å²) in [6.07, 6.45) is 0. The van der Waals surface area contributed by atoms with Crippen LogP contribution in [0.25, 0.3) is 66.1 Å². The zero-order valence-corrected chi connectivity index (χ0v) is 31.5. The van der Waals surface area contributed by atoms with Crippen molar-refractivity contribution in [1.82, 2.24) is 0 Å². The zero-order chi connectivity index (χ0) is 38.4. The van der Waals surface area contributed by atoms with Crippen molar-refractivity contribution >= 4 is 78.0 Å². The van der Waals surface area contributed by atoms with Crippen LogP contribution in [-0.4, -0.2) is 0 Å². The van der Waals surface area contributed by atoms with Gasteiger partial charge >= 0.3 is 0 Å². The Balaban J connectivity index is 0.910. The lowest BCUT2D eigenvalue weighted by Gasteiger charge is -2.25. The summed E-state index contributed by atoms with van der Waals surface area (Å²) in [6, 6.07) is 76.8. The maximum absolute atomic E-state index is 6.35. The van der Waals surface area contributed by atoms with Crippen LogP contribution in [0.5, 0.6) is 0 Å². The third-order valence-corrected chi connectivity index (χ3v) is 11.1. The predicted octanol–water partition coefficient (Wildman–Crippen LogP) is 15.8. The van der Waals surface area contributed by atoms with Gasteiger partial charge in [-0.05, 0) is 107 Å². The molecule has 0 aliphatic carbocycles. The van der Waals surface area contributed by atoms with Crippen molar-refractivity contribution in [3.8, 4) is 22.3 Å². The zero-order valence-electron chi connectivity index (χ0n) is 31.5. The third kappa shape index (κ3) is 5.96. The van der Waals surface area contributed by atoms with Crippen LogP contribution in [0.1, 0.15) is 0 Å². The molecular formula is C54H36N2O2. The number of benzene rings is 9. The Hall–Kier alpha value is -7.82. The first kappa shape index (κ1) is 33.5. The number of fused-ring (bicyclic) bond motifs is 6. The molecule has 0 atom stereocenters. The molecule has 0 aliphatic heterocycles. The molecular weight excluding hydrogens is 709 g/mol. The molecule has 58 heavy (non-hydrogen) atoms. The van der Waals surface area contributed by atoms with Crippen LogP contribution in [0.2, 0.25) is 0 Å². The van der Waals surface area contributed by atoms with E-state index in [4.69, 9.17) is 8.83 Å². The molecule has 274 valence electrons. The lowest BCUT2D eigenvalue weighted by Crippen LogP contribution is -2.09. The molecule has 0 bridgehead atoms. The van der Waals surface area contributed by atoms with Crippen molar-refractivity contribution in [2.75, 3.05) is 9.80 Å². The Morgan fingerprint density at radius 1 is 0.224 bits per heavy atom. The first-order valence-corrected chi connectivity index (χ1v) is 19.6. The van der Waals surface area contributed by atoms with Gasteiger partial charge in [-0.3, -0.25) is 0 Å². The number of rotatable bonds is 8. The van der Waals surface area contributed by atoms with Gasteiger partial charge < -0.3 is 18.6 Å². The molecule has 0 saturated heterocycles. The molecule has 2 heterocycles. The Kier molecular flexibility index (Phi) is 8.11. The first-order chi connectivity index (χ1) is 28.7. The summed E-state index contributed by atoms with van der Waals surface area (Å²) < 4.78 is 12.7. The van der Waals surface area contributed by atoms with Gasteiger partial charge in [0, 0.05) is 67.8 Å². The second kappa shape index (κ2) is 14.0. The molecule has 11 aromatic rings. The quantitative estimate of drug-likeness (QED) is 0.155. The van der Waals surface area contributed by atoms with Gasteiger partial charge in [-0.2, -0.15) is 0 Å². The van der Waals surface area contributed by atoms with Crippen molar-refractivity contribution in [2.24, 2.45) is 0 Å². The number of para-hydroxylation sites is 4. The average Bonchev–Trinajstić information content (AvgIpc) is 3.86. The molecule has 4 nitrogen and oxygen atoms in total. The lowest BCUT2D eigenvalue weighted by atomic mass is 9.99. The highest BCUT2D eigenvalue weighted by Gasteiger charge is 2.18. The van der Waals surface area contributed by atoms with E-state index in [0.717, 1.165) is 89.1 Å². The summed E-state index contributed by atoms with van der Waals surface area (Å²) in [6.45, 7) is 0. The normalized spacial score (nSPS) is 11.4. The molecule has 0 radical (unpaired) electrons. The van der Waals surface area contributed by atoms with Crippen LogP contribution in [0.15, 0.2) is 227 Å². The minimum Gasteiger partial charge on any atom is -0.456 e. The summed E-state index contributed by atoms with van der Waals surface area (Å²) in [7, 11) is 0. The fourth-order valence-electron chi connectivity index (χ4n) is 8.22. The van der Waals surface area contributed by atoms with E-state index in [9.17, 15) is 0 Å². The van der Waals surface area contributed by atoms with Crippen LogP contribution in [0.3, 0.4) is 0 Å². The molecule has 0 saturated carbocycles. The number of nitrogens with zero attached hydrogens (tertiary/aromatic N) is 2. The van der Waals surface area contributed by atoms with E-state index in [2.05, 4.69) is 204 Å². The minimum atomic E-state index is 0.851. The van der Waals surface area contributed by atoms with E-state index in [-0.39, 0.29) is 0 Å². The van der Waals surface area contributed by atoms with Gasteiger partial charge in [0.15, 0.2) is 0 Å². The second-order valence-electron chi connectivity index (χ2n) is 14.6. The summed E-state index contributed by atoms with van der Waals surface area (Å²) in [4.78, 5) is 4.55. The standard InChI is InChI=1S/C54H36N2O2/c1-3-11-41(12-4-1)55(42-13-5-2-6-14-42)43-27-23-39(24-28-43)37-19-21-38(22-20-37)40-25-29-44(30-26-40)56(45-31-33-49-47-15-7-9-17-51(47)57-53(49)35-45)46-32-34-50-48-16-8-10-18-52(48)58-54(50)36-46/h1-36H. The maximum Gasteiger partial charge on any atom is 0.137 e. The van der Waals surface area contributed by atoms with Gasteiger partial charge in [0.05, 0.1) is 0 Å². The molecule has 0 fully saturated rings. The third-order valence-electron chi connectivity index (χ3n) is 11.1. The molecule has 0 aliphatic rings. The van der Waals surface area contributed by atoms with Gasteiger partial charge in [0.2, 0.25) is 0 Å². The van der Waals surface area contributed by atoms with Crippen molar-refractivity contribution in [2.45, 2.75) is 0 Å². The van der Waals surface area contributed by atoms with Gasteiger partial charge in [-0.1, -0.05) is 121 Å². The Labute approximate surface area is 336 Å². The predicted molar refractivity (Wildman–Crippen MR) is 241 cm³/mol. The minimum absolute atomic E-state index is 0.851. The highest BCUT2D eigenvalue weighted by molar-refractivity contribution is 6.07. The Morgan fingerprint density at radius 3 is 0.931 bits per heavy atom. The van der Waals surface area contributed by atoms with Crippen molar-refractivity contribution in [3.05, 3.63) is 218 Å². The topological polar surface area (TPSA) is 32.8 Å². The maximum atomic E-state index is 6.35. The molecule has 11 rings (SSSR count). The highest BCUT2D eigenvalue weighted by atomic mass is 16.3. The van der Waals surface area contributed by atoms with Crippen LogP contribution in [0, 0.1) is 0 Å². The fraction of sp³-hybridized carbons (Fsp3) is 0.